The van der Waals surface area contributed by atoms with Crippen LogP contribution in [0.3, 0.4) is 0 Å². The van der Waals surface area contributed by atoms with Crippen molar-refractivity contribution in [2.75, 3.05) is 5.12 Å². The lowest BCUT2D eigenvalue weighted by Crippen LogP contribution is -2.28. The van der Waals surface area contributed by atoms with Gasteiger partial charge in [0.1, 0.15) is 0 Å². The van der Waals surface area contributed by atoms with Crippen LogP contribution in [0, 0.1) is 0 Å². The Morgan fingerprint density at radius 2 is 2.23 bits per heavy atom. The molecule has 4 nitrogen and oxygen atoms in total. The van der Waals surface area contributed by atoms with Gasteiger partial charge < -0.3 is 11.5 Å². The van der Waals surface area contributed by atoms with Crippen molar-refractivity contribution in [3.63, 3.8) is 0 Å². The molecule has 1 aromatic rings. The second kappa shape index (κ2) is 3.86. The van der Waals surface area contributed by atoms with Gasteiger partial charge in [0, 0.05) is 6.54 Å². The number of hydrogen-bond acceptors (Lipinski definition) is 2. The van der Waals surface area contributed by atoms with Crippen molar-refractivity contribution in [2.24, 2.45) is 11.5 Å². The number of halogens is 1. The van der Waals surface area contributed by atoms with Crippen LogP contribution in [-0.2, 0) is 6.54 Å². The standard InChI is InChI=1S/C8H10FN3O/c9-12(8(11)13)7-3-1-2-6(4-7)5-10/h1-4H,5,10H2,(H2,11,13). The summed E-state index contributed by atoms with van der Waals surface area (Å²) in [6.45, 7) is 0.292. The summed E-state index contributed by atoms with van der Waals surface area (Å²) in [6.07, 6.45) is 0. The van der Waals surface area contributed by atoms with Crippen LogP contribution >= 0.6 is 0 Å². The molecule has 0 aliphatic carbocycles. The van der Waals surface area contributed by atoms with E-state index in [1.54, 1.807) is 12.1 Å². The van der Waals surface area contributed by atoms with Crippen molar-refractivity contribution in [1.82, 2.24) is 0 Å². The molecule has 2 amide bonds. The maximum Gasteiger partial charge on any atom is 0.347 e. The molecule has 0 spiro atoms. The number of carbonyl (C=O) groups is 1. The Morgan fingerprint density at radius 1 is 1.54 bits per heavy atom. The topological polar surface area (TPSA) is 72.3 Å². The van der Waals surface area contributed by atoms with E-state index < -0.39 is 6.03 Å². The fourth-order valence-electron chi connectivity index (χ4n) is 0.933. The average molecular weight is 183 g/mol. The SMILES string of the molecule is NCc1cccc(N(F)C(N)=O)c1. The Bertz CT molecular complexity index is 316. The summed E-state index contributed by atoms with van der Waals surface area (Å²) >= 11 is 0. The number of hydrogen-bond donors (Lipinski definition) is 2. The fraction of sp³-hybridized carbons (Fsp3) is 0.125. The molecule has 0 radical (unpaired) electrons. The average Bonchev–Trinajstić information content (AvgIpc) is 2.16. The first-order valence-electron chi connectivity index (χ1n) is 3.69. The molecule has 0 aliphatic heterocycles. The van der Waals surface area contributed by atoms with E-state index in [1.165, 1.54) is 12.1 Å². The van der Waals surface area contributed by atoms with Gasteiger partial charge in [0.15, 0.2) is 0 Å². The smallest absolute Gasteiger partial charge is 0.347 e. The van der Waals surface area contributed by atoms with Crippen LogP contribution in [-0.4, -0.2) is 6.03 Å². The lowest BCUT2D eigenvalue weighted by atomic mass is 10.2. The highest BCUT2D eigenvalue weighted by Crippen LogP contribution is 2.15. The minimum absolute atomic E-state index is 0.0930. The van der Waals surface area contributed by atoms with E-state index in [1.807, 2.05) is 0 Å². The first-order valence-corrected chi connectivity index (χ1v) is 3.69. The third-order valence-electron chi connectivity index (χ3n) is 1.57. The van der Waals surface area contributed by atoms with Crippen LogP contribution in [0.1, 0.15) is 5.56 Å². The summed E-state index contributed by atoms with van der Waals surface area (Å²) in [7, 11) is 0. The Morgan fingerprint density at radius 3 is 2.77 bits per heavy atom. The molecule has 0 saturated carbocycles. The molecule has 0 saturated heterocycles. The first-order chi connectivity index (χ1) is 6.15. The van der Waals surface area contributed by atoms with Gasteiger partial charge in [-0.1, -0.05) is 16.6 Å². The molecule has 1 rings (SSSR count). The van der Waals surface area contributed by atoms with E-state index in [2.05, 4.69) is 0 Å². The van der Waals surface area contributed by atoms with Crippen molar-refractivity contribution < 1.29 is 9.28 Å². The van der Waals surface area contributed by atoms with E-state index in [9.17, 15) is 9.28 Å². The predicted molar refractivity (Wildman–Crippen MR) is 47.5 cm³/mol. The minimum atomic E-state index is -1.14. The number of primary amides is 1. The number of rotatable bonds is 2. The summed E-state index contributed by atoms with van der Waals surface area (Å²) in [5, 5.41) is -0.126. The van der Waals surface area contributed by atoms with Gasteiger partial charge in [0.25, 0.3) is 0 Å². The maximum atomic E-state index is 12.9. The van der Waals surface area contributed by atoms with Gasteiger partial charge in [-0.25, -0.2) is 4.79 Å². The Balaban J connectivity index is 2.94. The highest BCUT2D eigenvalue weighted by atomic mass is 19.2. The molecule has 13 heavy (non-hydrogen) atoms. The van der Waals surface area contributed by atoms with Gasteiger partial charge in [-0.15, -0.1) is 5.12 Å². The number of carbonyl (C=O) groups excluding carboxylic acids is 1. The van der Waals surface area contributed by atoms with E-state index in [0.717, 1.165) is 5.56 Å². The summed E-state index contributed by atoms with van der Waals surface area (Å²) in [5.41, 5.74) is 10.9. The molecular weight excluding hydrogens is 173 g/mol. The summed E-state index contributed by atoms with van der Waals surface area (Å²) in [4.78, 5) is 10.4. The highest BCUT2D eigenvalue weighted by molar-refractivity contribution is 5.88. The number of nitrogens with zero attached hydrogens (tertiary/aromatic N) is 1. The van der Waals surface area contributed by atoms with Crippen molar-refractivity contribution in [2.45, 2.75) is 6.54 Å². The van der Waals surface area contributed by atoms with E-state index in [-0.39, 0.29) is 10.8 Å². The van der Waals surface area contributed by atoms with Gasteiger partial charge in [-0.2, -0.15) is 0 Å². The van der Waals surface area contributed by atoms with Crippen LogP contribution < -0.4 is 16.6 Å². The third-order valence-corrected chi connectivity index (χ3v) is 1.57. The van der Waals surface area contributed by atoms with E-state index in [4.69, 9.17) is 11.5 Å². The Hall–Kier alpha value is -1.62. The van der Waals surface area contributed by atoms with Crippen LogP contribution in [0.5, 0.6) is 0 Å². The zero-order valence-corrected chi connectivity index (χ0v) is 6.90. The number of urea groups is 1. The molecule has 1 aromatic carbocycles. The van der Waals surface area contributed by atoms with Crippen LogP contribution in [0.15, 0.2) is 24.3 Å². The van der Waals surface area contributed by atoms with Gasteiger partial charge in [0.2, 0.25) is 0 Å². The molecule has 5 heteroatoms. The fourth-order valence-corrected chi connectivity index (χ4v) is 0.933. The molecular formula is C8H10FN3O. The second-order valence-electron chi connectivity index (χ2n) is 2.49. The molecule has 0 unspecified atom stereocenters. The van der Waals surface area contributed by atoms with Crippen LogP contribution in [0.4, 0.5) is 15.0 Å². The molecule has 70 valence electrons. The highest BCUT2D eigenvalue weighted by Gasteiger charge is 2.10. The minimum Gasteiger partial charge on any atom is -0.349 e. The summed E-state index contributed by atoms with van der Waals surface area (Å²) in [5.74, 6) is 0. The Labute approximate surface area is 74.9 Å². The number of nitrogens with two attached hydrogens (primary N) is 2. The van der Waals surface area contributed by atoms with Gasteiger partial charge in [-0.05, 0) is 17.7 Å². The Kier molecular flexibility index (Phi) is 2.81. The van der Waals surface area contributed by atoms with Gasteiger partial charge in [0.05, 0.1) is 5.69 Å². The third kappa shape index (κ3) is 2.16. The molecule has 0 fully saturated rings. The second-order valence-corrected chi connectivity index (χ2v) is 2.49. The van der Waals surface area contributed by atoms with E-state index >= 15 is 0 Å². The number of benzene rings is 1. The zero-order chi connectivity index (χ0) is 9.84. The molecule has 0 aliphatic rings. The lowest BCUT2D eigenvalue weighted by molar-refractivity contribution is 0.241. The first kappa shape index (κ1) is 9.47. The van der Waals surface area contributed by atoms with Gasteiger partial charge >= 0.3 is 6.03 Å². The van der Waals surface area contributed by atoms with E-state index in [0.29, 0.717) is 6.54 Å². The van der Waals surface area contributed by atoms with Gasteiger partial charge in [-0.3, -0.25) is 0 Å². The quantitative estimate of drug-likeness (QED) is 0.669. The number of anilines is 1. The molecule has 4 N–H and O–H groups in total. The monoisotopic (exact) mass is 183 g/mol. The maximum absolute atomic E-state index is 12.9. The molecule has 0 bridgehead atoms. The van der Waals surface area contributed by atoms with Crippen LogP contribution in [0.2, 0.25) is 0 Å². The van der Waals surface area contributed by atoms with Crippen molar-refractivity contribution in [3.8, 4) is 0 Å². The van der Waals surface area contributed by atoms with Crippen LogP contribution in [0.25, 0.3) is 0 Å². The van der Waals surface area contributed by atoms with Crippen molar-refractivity contribution >= 4 is 11.7 Å². The number of amides is 2. The lowest BCUT2D eigenvalue weighted by Gasteiger charge is -2.09. The molecule has 0 heterocycles. The predicted octanol–water partition coefficient (Wildman–Crippen LogP) is 0.915. The molecule has 0 atom stereocenters. The normalized spacial score (nSPS) is 9.69. The van der Waals surface area contributed by atoms with Crippen molar-refractivity contribution in [3.05, 3.63) is 29.8 Å². The summed E-state index contributed by atoms with van der Waals surface area (Å²) < 4.78 is 12.9. The molecule has 0 aromatic heterocycles. The largest absolute Gasteiger partial charge is 0.349 e. The zero-order valence-electron chi connectivity index (χ0n) is 6.90. The van der Waals surface area contributed by atoms with Crippen molar-refractivity contribution in [1.29, 1.82) is 0 Å². The summed E-state index contributed by atoms with van der Waals surface area (Å²) in [6, 6.07) is 5.09.